The maximum atomic E-state index is 12.5. The van der Waals surface area contributed by atoms with Crippen molar-refractivity contribution < 1.29 is 23.4 Å². The standard InChI is InChI=1S/C13H17NO5S/c15-9-10-6-11(13(16)17)8-12(7-10)20(18,19)14-4-2-1-3-5-14/h6-8,15H,1-5,9H2,(H,16,17). The number of sulfonamides is 1. The molecule has 0 spiro atoms. The molecule has 1 heterocycles. The van der Waals surface area contributed by atoms with Crippen molar-refractivity contribution >= 4 is 16.0 Å². The number of carboxylic acids is 1. The molecule has 1 saturated heterocycles. The van der Waals surface area contributed by atoms with Crippen LogP contribution in [0.3, 0.4) is 0 Å². The number of aliphatic hydroxyl groups is 1. The molecule has 0 aromatic heterocycles. The first-order valence-corrected chi connectivity index (χ1v) is 7.87. The van der Waals surface area contributed by atoms with Crippen LogP contribution in [0.5, 0.6) is 0 Å². The topological polar surface area (TPSA) is 94.9 Å². The smallest absolute Gasteiger partial charge is 0.335 e. The number of hydrogen-bond donors (Lipinski definition) is 2. The number of aromatic carboxylic acids is 1. The molecule has 0 amide bonds. The molecule has 1 fully saturated rings. The van der Waals surface area contributed by atoms with E-state index < -0.39 is 22.6 Å². The molecule has 1 aromatic rings. The Morgan fingerprint density at radius 3 is 2.35 bits per heavy atom. The second-order valence-corrected chi connectivity index (χ2v) is 6.73. The molecule has 1 aliphatic heterocycles. The van der Waals surface area contributed by atoms with Crippen molar-refractivity contribution in [2.75, 3.05) is 13.1 Å². The Labute approximate surface area is 117 Å². The minimum Gasteiger partial charge on any atom is -0.478 e. The number of hydrogen-bond acceptors (Lipinski definition) is 4. The van der Waals surface area contributed by atoms with Gasteiger partial charge >= 0.3 is 5.97 Å². The van der Waals surface area contributed by atoms with Crippen molar-refractivity contribution in [3.8, 4) is 0 Å². The van der Waals surface area contributed by atoms with Crippen molar-refractivity contribution in [2.45, 2.75) is 30.8 Å². The first kappa shape index (κ1) is 15.0. The third-order valence-electron chi connectivity index (χ3n) is 3.35. The molecule has 110 valence electrons. The number of carbonyl (C=O) groups is 1. The molecule has 6 nitrogen and oxygen atoms in total. The highest BCUT2D eigenvalue weighted by molar-refractivity contribution is 7.89. The Kier molecular flexibility index (Phi) is 4.42. The number of piperidine rings is 1. The average Bonchev–Trinajstić information content (AvgIpc) is 2.47. The van der Waals surface area contributed by atoms with Gasteiger partial charge in [-0.25, -0.2) is 13.2 Å². The summed E-state index contributed by atoms with van der Waals surface area (Å²) in [5, 5.41) is 18.2. The molecule has 0 bridgehead atoms. The molecule has 2 N–H and O–H groups in total. The van der Waals surface area contributed by atoms with E-state index in [0.717, 1.165) is 25.3 Å². The zero-order chi connectivity index (χ0) is 14.8. The third-order valence-corrected chi connectivity index (χ3v) is 5.23. The maximum Gasteiger partial charge on any atom is 0.335 e. The Hall–Kier alpha value is -1.44. The maximum absolute atomic E-state index is 12.5. The Balaban J connectivity index is 2.44. The fourth-order valence-corrected chi connectivity index (χ4v) is 3.89. The summed E-state index contributed by atoms with van der Waals surface area (Å²) in [6.45, 7) is 0.506. The van der Waals surface area contributed by atoms with E-state index in [1.54, 1.807) is 0 Å². The number of rotatable bonds is 4. The predicted octanol–water partition coefficient (Wildman–Crippen LogP) is 1.05. The molecule has 1 aliphatic rings. The number of aliphatic hydroxyl groups excluding tert-OH is 1. The Bertz CT molecular complexity index is 605. The average molecular weight is 299 g/mol. The molecule has 0 aliphatic carbocycles. The lowest BCUT2D eigenvalue weighted by atomic mass is 10.1. The minimum atomic E-state index is -3.69. The van der Waals surface area contributed by atoms with Gasteiger partial charge in [-0.2, -0.15) is 4.31 Å². The van der Waals surface area contributed by atoms with Crippen LogP contribution in [-0.2, 0) is 16.6 Å². The summed E-state index contributed by atoms with van der Waals surface area (Å²) in [4.78, 5) is 11.0. The first-order chi connectivity index (χ1) is 9.45. The van der Waals surface area contributed by atoms with Crippen molar-refractivity contribution in [2.24, 2.45) is 0 Å². The molecule has 7 heteroatoms. The fraction of sp³-hybridized carbons (Fsp3) is 0.462. The molecular weight excluding hydrogens is 282 g/mol. The molecule has 2 rings (SSSR count). The zero-order valence-electron chi connectivity index (χ0n) is 10.9. The quantitative estimate of drug-likeness (QED) is 0.866. The van der Waals surface area contributed by atoms with Crippen LogP contribution in [0.25, 0.3) is 0 Å². The Morgan fingerprint density at radius 2 is 1.80 bits per heavy atom. The van der Waals surface area contributed by atoms with Crippen LogP contribution in [0, 0.1) is 0 Å². The molecule has 0 saturated carbocycles. The first-order valence-electron chi connectivity index (χ1n) is 6.43. The summed E-state index contributed by atoms with van der Waals surface area (Å²) < 4.78 is 26.3. The van der Waals surface area contributed by atoms with Crippen LogP contribution >= 0.6 is 0 Å². The molecule has 0 atom stereocenters. The van der Waals surface area contributed by atoms with Crippen LogP contribution in [0.2, 0.25) is 0 Å². The van der Waals surface area contributed by atoms with Crippen LogP contribution in [-0.4, -0.2) is 42.0 Å². The lowest BCUT2D eigenvalue weighted by Gasteiger charge is -2.26. The lowest BCUT2D eigenvalue weighted by Crippen LogP contribution is -2.35. The van der Waals surface area contributed by atoms with Gasteiger partial charge in [0.05, 0.1) is 17.1 Å². The van der Waals surface area contributed by atoms with Crippen LogP contribution in [0.1, 0.15) is 35.2 Å². The van der Waals surface area contributed by atoms with E-state index in [1.165, 1.54) is 16.4 Å². The molecular formula is C13H17NO5S. The molecule has 0 unspecified atom stereocenters. The van der Waals surface area contributed by atoms with E-state index in [4.69, 9.17) is 10.2 Å². The second kappa shape index (κ2) is 5.90. The highest BCUT2D eigenvalue weighted by atomic mass is 32.2. The van der Waals surface area contributed by atoms with E-state index in [-0.39, 0.29) is 16.0 Å². The summed E-state index contributed by atoms with van der Waals surface area (Å²) in [5.74, 6) is -1.21. The van der Waals surface area contributed by atoms with Gasteiger partial charge in [-0.1, -0.05) is 6.42 Å². The minimum absolute atomic E-state index is 0.0663. The molecule has 1 aromatic carbocycles. The zero-order valence-corrected chi connectivity index (χ0v) is 11.8. The highest BCUT2D eigenvalue weighted by Crippen LogP contribution is 2.23. The normalized spacial score (nSPS) is 17.1. The highest BCUT2D eigenvalue weighted by Gasteiger charge is 2.27. The number of nitrogens with zero attached hydrogens (tertiary/aromatic N) is 1. The van der Waals surface area contributed by atoms with Gasteiger partial charge in [-0.3, -0.25) is 0 Å². The van der Waals surface area contributed by atoms with Crippen molar-refractivity contribution in [3.63, 3.8) is 0 Å². The van der Waals surface area contributed by atoms with Crippen LogP contribution in [0.4, 0.5) is 0 Å². The monoisotopic (exact) mass is 299 g/mol. The van der Waals surface area contributed by atoms with E-state index in [0.29, 0.717) is 13.1 Å². The van der Waals surface area contributed by atoms with E-state index >= 15 is 0 Å². The van der Waals surface area contributed by atoms with E-state index in [9.17, 15) is 13.2 Å². The largest absolute Gasteiger partial charge is 0.478 e. The lowest BCUT2D eigenvalue weighted by molar-refractivity contribution is 0.0696. The van der Waals surface area contributed by atoms with E-state index in [2.05, 4.69) is 0 Å². The van der Waals surface area contributed by atoms with Gasteiger partial charge in [-0.05, 0) is 36.6 Å². The van der Waals surface area contributed by atoms with Crippen LogP contribution < -0.4 is 0 Å². The predicted molar refractivity (Wildman–Crippen MR) is 71.9 cm³/mol. The Morgan fingerprint density at radius 1 is 1.15 bits per heavy atom. The number of benzene rings is 1. The van der Waals surface area contributed by atoms with Gasteiger partial charge < -0.3 is 10.2 Å². The molecule has 0 radical (unpaired) electrons. The van der Waals surface area contributed by atoms with Gasteiger partial charge in [0.25, 0.3) is 0 Å². The molecule has 20 heavy (non-hydrogen) atoms. The van der Waals surface area contributed by atoms with Gasteiger partial charge in [0.1, 0.15) is 0 Å². The van der Waals surface area contributed by atoms with Gasteiger partial charge in [0.2, 0.25) is 10.0 Å². The summed E-state index contributed by atoms with van der Waals surface area (Å²) in [5.41, 5.74) is 0.146. The second-order valence-electron chi connectivity index (χ2n) is 4.79. The van der Waals surface area contributed by atoms with Crippen LogP contribution in [0.15, 0.2) is 23.1 Å². The SMILES string of the molecule is O=C(O)c1cc(CO)cc(S(=O)(=O)N2CCCCC2)c1. The summed E-state index contributed by atoms with van der Waals surface area (Å²) in [6, 6.07) is 3.75. The number of carboxylic acid groups (broad SMARTS) is 1. The van der Waals surface area contributed by atoms with Crippen molar-refractivity contribution in [3.05, 3.63) is 29.3 Å². The summed E-state index contributed by atoms with van der Waals surface area (Å²) >= 11 is 0. The van der Waals surface area contributed by atoms with Gasteiger partial charge in [0, 0.05) is 13.1 Å². The van der Waals surface area contributed by atoms with Crippen molar-refractivity contribution in [1.82, 2.24) is 4.31 Å². The summed E-state index contributed by atoms with van der Waals surface area (Å²) in [6.07, 6.45) is 2.62. The fourth-order valence-electron chi connectivity index (χ4n) is 2.28. The van der Waals surface area contributed by atoms with Gasteiger partial charge in [0.15, 0.2) is 0 Å². The van der Waals surface area contributed by atoms with E-state index in [1.807, 2.05) is 0 Å². The third kappa shape index (κ3) is 3.00. The van der Waals surface area contributed by atoms with Gasteiger partial charge in [-0.15, -0.1) is 0 Å². The summed E-state index contributed by atoms with van der Waals surface area (Å²) in [7, 11) is -3.69. The van der Waals surface area contributed by atoms with Crippen molar-refractivity contribution in [1.29, 1.82) is 0 Å².